The first kappa shape index (κ1) is 114. The number of cyclic esters (lactones) is 2. The predicted octanol–water partition coefficient (Wildman–Crippen LogP) is 12.5. The molecule has 10 aromatic rings. The Kier molecular flexibility index (Phi) is 38.7. The van der Waals surface area contributed by atoms with Gasteiger partial charge in [-0.25, -0.2) is 43.6 Å². The number of nitrogens with one attached hydrogen (secondary N) is 2. The molecule has 7 aliphatic heterocycles. The summed E-state index contributed by atoms with van der Waals surface area (Å²) in [5.74, 6) is 4.13. The first-order valence-electron chi connectivity index (χ1n) is 42.8. The van der Waals surface area contributed by atoms with Gasteiger partial charge in [-0.1, -0.05) is 49.6 Å². The van der Waals surface area contributed by atoms with E-state index >= 15 is 0 Å². The Labute approximate surface area is 865 Å². The summed E-state index contributed by atoms with van der Waals surface area (Å²) in [7, 11) is -1.40. The second-order valence-electron chi connectivity index (χ2n) is 37.1. The third-order valence-corrected chi connectivity index (χ3v) is 25.2. The van der Waals surface area contributed by atoms with Gasteiger partial charge in [-0.2, -0.15) is 0 Å². The first-order valence-corrected chi connectivity index (χ1v) is 46.8. The van der Waals surface area contributed by atoms with Crippen LogP contribution < -0.4 is 55.5 Å². The summed E-state index contributed by atoms with van der Waals surface area (Å²) in [5, 5.41) is 71.0. The summed E-state index contributed by atoms with van der Waals surface area (Å²) < 4.78 is 55.9. The van der Waals surface area contributed by atoms with E-state index in [9.17, 15) is 34.5 Å². The summed E-state index contributed by atoms with van der Waals surface area (Å²) in [4.78, 5) is 74.9. The molecule has 4 amide bonds. The molecule has 6 N–H and O–H groups in total. The number of anilines is 2. The molecule has 17 rings (SSSR count). The number of aliphatic hydroxyl groups is 4. The van der Waals surface area contributed by atoms with Crippen molar-refractivity contribution in [3.8, 4) is 40.9 Å². The number of aromatic nitrogens is 14. The van der Waals surface area contributed by atoms with E-state index in [0.29, 0.717) is 59.9 Å². The van der Waals surface area contributed by atoms with Gasteiger partial charge in [-0.05, 0) is 327 Å². The number of ether oxygens (including phenoxy) is 2. The molecule has 726 valence electrons. The van der Waals surface area contributed by atoms with Crippen molar-refractivity contribution in [3.05, 3.63) is 224 Å². The van der Waals surface area contributed by atoms with Crippen LogP contribution in [0.1, 0.15) is 181 Å². The SMILES string of the molecule is Brc1ccc(Br)nc1.C#CC(C)(C)O.CC(=O)NC[C@@H]1OC(=O)N2c3ccc(-c4ccc(-n5cc(C(C)(C)O)nn5)nc4)cc3C[C@@H]12.CC(=O)NC[C@@H]1OC(=O)N2c3ccc(Br)cc3C[C@@H]12.CC(C)(O)c1cn(-c2ccc(B3OC(C)(C)C(C)(C)O3)cn2)nn1.CC(C)(O)c1cn(-c2ccc(Br)cn2)nn1.CC1(C)OB(B2OC(C)(C)C(C)(C)O2)OC1(C)C.[N-]=[N+]=Nc1ccc(Br)cn1.[N-]=[N+]=[N-].[Na+]. The van der Waals surface area contributed by atoms with Crippen LogP contribution in [0.3, 0.4) is 0 Å². The fraction of sp³-hybridized carbons (Fsp3) is 0.449. The molecule has 138 heavy (non-hydrogen) atoms. The average Bonchev–Trinajstić information content (AvgIpc) is 1.68. The maximum Gasteiger partial charge on any atom is 1.00 e. The third kappa shape index (κ3) is 30.3. The van der Waals surface area contributed by atoms with E-state index in [-0.39, 0.29) is 111 Å². The molecular formula is C89H109B3Br5N24NaO16. The smallest absolute Gasteiger partial charge is 0.442 e. The zero-order valence-corrected chi connectivity index (χ0v) is 90.6. The van der Waals surface area contributed by atoms with Crippen LogP contribution >= 0.6 is 79.6 Å². The summed E-state index contributed by atoms with van der Waals surface area (Å²) >= 11 is 16.4. The molecule has 0 radical (unpaired) electrons. The molecule has 2 aromatic carbocycles. The van der Waals surface area contributed by atoms with Gasteiger partial charge in [0.05, 0.1) is 88.7 Å². The Morgan fingerprint density at radius 3 is 1.17 bits per heavy atom. The van der Waals surface area contributed by atoms with Gasteiger partial charge >= 0.3 is 62.9 Å². The average molecular weight is 2230 g/mol. The monoisotopic (exact) mass is 2220 g/mol. The molecule has 5 saturated heterocycles. The molecule has 4 atom stereocenters. The zero-order chi connectivity index (χ0) is 102. The van der Waals surface area contributed by atoms with Gasteiger partial charge < -0.3 is 79.5 Å². The molecule has 0 spiro atoms. The number of nitrogens with zero attached hydrogens (tertiary/aromatic N) is 22. The number of carbonyl (C=O) groups excluding carboxylic acids is 4. The number of carbonyl (C=O) groups is 4. The van der Waals surface area contributed by atoms with Crippen molar-refractivity contribution in [2.24, 2.45) is 5.11 Å². The Bertz CT molecular complexity index is 5890. The van der Waals surface area contributed by atoms with Crippen molar-refractivity contribution in [3.63, 3.8) is 0 Å². The van der Waals surface area contributed by atoms with Crippen LogP contribution in [0.5, 0.6) is 0 Å². The van der Waals surface area contributed by atoms with Crippen molar-refractivity contribution in [2.45, 2.75) is 245 Å². The van der Waals surface area contributed by atoms with Crippen LogP contribution in [-0.2, 0) is 76.6 Å². The Morgan fingerprint density at radius 1 is 0.493 bits per heavy atom. The van der Waals surface area contributed by atoms with Gasteiger partial charge in [0.1, 0.15) is 62.1 Å². The first-order chi connectivity index (χ1) is 63.7. The van der Waals surface area contributed by atoms with Crippen molar-refractivity contribution in [2.75, 3.05) is 22.9 Å². The quantitative estimate of drug-likeness (QED) is 0.0147. The van der Waals surface area contributed by atoms with Crippen LogP contribution in [0, 0.1) is 12.3 Å². The van der Waals surface area contributed by atoms with Gasteiger partial charge in [-0.3, -0.25) is 29.3 Å². The summed E-state index contributed by atoms with van der Waals surface area (Å²) in [6.45, 7) is 40.9. The van der Waals surface area contributed by atoms with Crippen LogP contribution in [0.15, 0.2) is 174 Å². The van der Waals surface area contributed by atoms with Crippen LogP contribution in [0.4, 0.5) is 26.8 Å². The van der Waals surface area contributed by atoms with Crippen LogP contribution in [-0.4, -0.2) is 212 Å². The molecule has 0 bridgehead atoms. The van der Waals surface area contributed by atoms with Crippen molar-refractivity contribution < 1.29 is 107 Å². The maximum atomic E-state index is 12.4. The van der Waals surface area contributed by atoms with Crippen molar-refractivity contribution in [1.82, 2.24) is 80.5 Å². The van der Waals surface area contributed by atoms with Crippen molar-refractivity contribution in [1.29, 1.82) is 0 Å². The third-order valence-electron chi connectivity index (χ3n) is 22.8. The predicted molar refractivity (Wildman–Crippen MR) is 532 cm³/mol. The molecule has 8 aromatic heterocycles. The minimum atomic E-state index is -1.08. The number of pyridine rings is 5. The summed E-state index contributed by atoms with van der Waals surface area (Å²) in [6, 6.07) is 30.0. The van der Waals surface area contributed by atoms with Gasteiger partial charge in [0, 0.05) is 78.7 Å². The number of azide groups is 1. The largest absolute Gasteiger partial charge is 1.00 e. The maximum absolute atomic E-state index is 12.4. The summed E-state index contributed by atoms with van der Waals surface area (Å²) in [5.41, 5.74) is 23.4. The number of amides is 4. The van der Waals surface area contributed by atoms with Gasteiger partial charge in [0.25, 0.3) is 0 Å². The van der Waals surface area contributed by atoms with Gasteiger partial charge in [0.2, 0.25) is 11.8 Å². The molecule has 5 fully saturated rings. The minimum Gasteiger partial charge on any atom is -0.442 e. The normalized spacial score (nSPS) is 18.5. The van der Waals surface area contributed by atoms with E-state index in [1.165, 1.54) is 32.8 Å². The molecule has 15 heterocycles. The topological polar surface area (TPSA) is 518 Å². The number of hydrogen-bond donors (Lipinski definition) is 6. The van der Waals surface area contributed by atoms with E-state index in [4.69, 9.17) is 65.5 Å². The second-order valence-corrected chi connectivity index (χ2v) is 41.6. The van der Waals surface area contributed by atoms with E-state index in [1.54, 1.807) is 127 Å². The van der Waals surface area contributed by atoms with E-state index in [0.717, 1.165) is 68.0 Å². The van der Waals surface area contributed by atoms with Crippen LogP contribution in [0.2, 0.25) is 0 Å². The number of fused-ring (bicyclic) bond motifs is 6. The van der Waals surface area contributed by atoms with Gasteiger partial charge in [-0.15, -0.1) is 21.7 Å². The van der Waals surface area contributed by atoms with Crippen LogP contribution in [0.25, 0.3) is 55.0 Å². The van der Waals surface area contributed by atoms with E-state index in [2.05, 4.69) is 168 Å². The molecule has 49 heteroatoms. The zero-order valence-electron chi connectivity index (χ0n) is 80.7. The second kappa shape index (κ2) is 46.9. The summed E-state index contributed by atoms with van der Waals surface area (Å²) in [6.07, 6.45) is 18.3. The fourth-order valence-electron chi connectivity index (χ4n) is 13.2. The number of halogens is 5. The van der Waals surface area contributed by atoms with E-state index < -0.39 is 43.5 Å². The standard InChI is InChI=1S/C23H24N6O4.C16H23BN4O3.C13H13BrN2O3.C12H24B2O4.C10H11BrN4O.C5H3Br2N.C5H3BrN4.C5H8O.N3.Na/c1-13(30)24-11-19-18-9-16-8-14(4-6-17(16)29(18)22(31)33-19)15-5-7-21(25-10-15)28-12-20(26-27-28)23(2,3)32;1-14(2,22)12-10-21(20-19-12)13-8-7-11(9-18-13)17-23-15(3,4)16(5,6)24-17;1-7(17)15-6-12-11-5-8-4-9(14)2-3-10(8)16(11)13(18)19-12;1-9(2)10(3,4)16-13(15-9)14-17-11(5,6)12(7,8)18-14;1-10(2,16)8-6-15(14-13-8)9-4-3-7(11)5-12-9;6-4-1-2-5(7)8-3-4;6-4-1-2-5(8-3-4)9-10-7;1-4-5(2,3)6;1-3-2;/h4-8,10,12,18-19,32H,9,11H2,1-3H3,(H,24,30);7-10,22H,1-6H3;2-4,11-12H,5-6H2,1H3,(H,15,17);1-8H3;3-6,16H,1-2H3;1-3H;1-3H;1,6H,2-3H3;;/q;;;;;;;;-1;+1/t18-,19-;;11-,12-;;;;;;;/m0.0......./s1. The number of terminal acetylenes is 1. The molecule has 7 aliphatic rings. The van der Waals surface area contributed by atoms with Crippen molar-refractivity contribution >= 4 is 147 Å². The molecule has 0 unspecified atom stereocenters. The van der Waals surface area contributed by atoms with E-state index in [1.807, 2.05) is 162 Å². The molecule has 40 nitrogen and oxygen atoms in total. The fourth-order valence-corrected chi connectivity index (χ4v) is 14.5. The molecule has 0 saturated carbocycles. The Morgan fingerprint density at radius 2 is 0.841 bits per heavy atom. The van der Waals surface area contributed by atoms with Gasteiger partial charge in [0.15, 0.2) is 17.5 Å². The Hall–Kier alpha value is -9.54. The Balaban J connectivity index is 0.000000201. The molecular weight excluding hydrogens is 2120 g/mol. The minimum absolute atomic E-state index is 0. The number of hydrogen-bond acceptors (Lipinski definition) is 28. The molecule has 0 aliphatic carbocycles. The number of benzene rings is 2. The number of rotatable bonds is 14.